The van der Waals surface area contributed by atoms with E-state index in [0.29, 0.717) is 24.9 Å². The lowest BCUT2D eigenvalue weighted by molar-refractivity contribution is 0.473. The van der Waals surface area contributed by atoms with E-state index in [-0.39, 0.29) is 5.82 Å². The summed E-state index contributed by atoms with van der Waals surface area (Å²) in [7, 11) is 0. The first-order chi connectivity index (χ1) is 13.5. The first-order valence-corrected chi connectivity index (χ1v) is 9.30. The zero-order chi connectivity index (χ0) is 19.9. The van der Waals surface area contributed by atoms with Gasteiger partial charge in [-0.3, -0.25) is 0 Å². The molecule has 0 atom stereocenters. The smallest absolute Gasteiger partial charge is 0.216 e. The number of rotatable bonds is 7. The molecule has 0 unspecified atom stereocenters. The van der Waals surface area contributed by atoms with Gasteiger partial charge < -0.3 is 15.1 Å². The second-order valence-corrected chi connectivity index (χ2v) is 6.35. The van der Waals surface area contributed by atoms with Crippen LogP contribution in [-0.2, 0) is 13.0 Å². The second kappa shape index (κ2) is 9.16. The van der Waals surface area contributed by atoms with Gasteiger partial charge >= 0.3 is 0 Å². The van der Waals surface area contributed by atoms with Gasteiger partial charge in [-0.2, -0.15) is 5.10 Å². The molecular formula is C20H25FN6O. The fourth-order valence-electron chi connectivity index (χ4n) is 2.64. The molecule has 2 aromatic heterocycles. The van der Waals surface area contributed by atoms with Gasteiger partial charge in [-0.15, -0.1) is 0 Å². The number of aliphatic imine (C=N–C) groups is 1. The molecule has 8 heteroatoms. The van der Waals surface area contributed by atoms with Crippen molar-refractivity contribution in [3.8, 4) is 5.69 Å². The molecule has 28 heavy (non-hydrogen) atoms. The standard InChI is InChI=1S/C20H25FN6O/c1-4-22-20(24-13-19-25-14(2)15(3)28-19)23-11-9-17-10-12-27(26-17)18-7-5-16(21)6-8-18/h5-8,10,12H,4,9,11,13H2,1-3H3,(H2,22,23,24). The molecule has 0 radical (unpaired) electrons. The van der Waals surface area contributed by atoms with Gasteiger partial charge in [-0.05, 0) is 51.1 Å². The number of nitrogens with zero attached hydrogens (tertiary/aromatic N) is 4. The molecule has 0 aliphatic carbocycles. The van der Waals surface area contributed by atoms with Crippen LogP contribution < -0.4 is 10.6 Å². The van der Waals surface area contributed by atoms with Gasteiger partial charge in [0.15, 0.2) is 5.96 Å². The highest BCUT2D eigenvalue weighted by atomic mass is 19.1. The van der Waals surface area contributed by atoms with E-state index in [9.17, 15) is 4.39 Å². The minimum atomic E-state index is -0.259. The molecule has 0 fully saturated rings. The average Bonchev–Trinajstić information content (AvgIpc) is 3.27. The molecule has 0 saturated carbocycles. The Balaban J connectivity index is 1.54. The molecule has 3 rings (SSSR count). The van der Waals surface area contributed by atoms with E-state index in [4.69, 9.17) is 4.42 Å². The highest BCUT2D eigenvalue weighted by Crippen LogP contribution is 2.10. The van der Waals surface area contributed by atoms with Crippen LogP contribution in [0.5, 0.6) is 0 Å². The van der Waals surface area contributed by atoms with E-state index < -0.39 is 0 Å². The summed E-state index contributed by atoms with van der Waals surface area (Å²) in [6.07, 6.45) is 2.60. The maximum absolute atomic E-state index is 13.0. The lowest BCUT2D eigenvalue weighted by Crippen LogP contribution is -2.38. The van der Waals surface area contributed by atoms with Crippen LogP contribution in [0.3, 0.4) is 0 Å². The van der Waals surface area contributed by atoms with Gasteiger partial charge in [-0.1, -0.05) is 0 Å². The first kappa shape index (κ1) is 19.6. The second-order valence-electron chi connectivity index (χ2n) is 6.35. The quantitative estimate of drug-likeness (QED) is 0.484. The zero-order valence-electron chi connectivity index (χ0n) is 16.4. The fourth-order valence-corrected chi connectivity index (χ4v) is 2.64. The Kier molecular flexibility index (Phi) is 6.41. The number of hydrogen-bond acceptors (Lipinski definition) is 4. The van der Waals surface area contributed by atoms with Crippen molar-refractivity contribution in [1.82, 2.24) is 25.4 Å². The van der Waals surface area contributed by atoms with Crippen molar-refractivity contribution in [2.24, 2.45) is 4.99 Å². The molecule has 0 aliphatic heterocycles. The summed E-state index contributed by atoms with van der Waals surface area (Å²) in [6, 6.07) is 8.20. The summed E-state index contributed by atoms with van der Waals surface area (Å²) in [4.78, 5) is 8.85. The molecule has 1 aromatic carbocycles. The van der Waals surface area contributed by atoms with Crippen LogP contribution in [0.4, 0.5) is 4.39 Å². The Morgan fingerprint density at radius 1 is 1.18 bits per heavy atom. The first-order valence-electron chi connectivity index (χ1n) is 9.30. The molecule has 0 aliphatic rings. The lowest BCUT2D eigenvalue weighted by Gasteiger charge is -2.10. The van der Waals surface area contributed by atoms with Gasteiger partial charge in [-0.25, -0.2) is 19.0 Å². The monoisotopic (exact) mass is 384 g/mol. The number of aryl methyl sites for hydroxylation is 2. The SMILES string of the molecule is CCNC(=NCc1nc(C)c(C)o1)NCCc1ccn(-c2ccc(F)cc2)n1. The maximum Gasteiger partial charge on any atom is 0.216 e. The predicted molar refractivity (Wildman–Crippen MR) is 106 cm³/mol. The summed E-state index contributed by atoms with van der Waals surface area (Å²) in [5.74, 6) is 1.87. The van der Waals surface area contributed by atoms with E-state index in [1.54, 1.807) is 16.8 Å². The summed E-state index contributed by atoms with van der Waals surface area (Å²) >= 11 is 0. The number of aromatic nitrogens is 3. The van der Waals surface area contributed by atoms with Crippen molar-refractivity contribution < 1.29 is 8.81 Å². The van der Waals surface area contributed by atoms with Crippen molar-refractivity contribution in [2.45, 2.75) is 33.7 Å². The van der Waals surface area contributed by atoms with Gasteiger partial charge in [0.05, 0.1) is 17.1 Å². The fraction of sp³-hybridized carbons (Fsp3) is 0.350. The molecule has 0 bridgehead atoms. The Labute approximate surface area is 163 Å². The van der Waals surface area contributed by atoms with Crippen LogP contribution >= 0.6 is 0 Å². The normalized spacial score (nSPS) is 11.6. The van der Waals surface area contributed by atoms with E-state index in [1.807, 2.05) is 33.0 Å². The highest BCUT2D eigenvalue weighted by Gasteiger charge is 2.06. The van der Waals surface area contributed by atoms with Crippen LogP contribution in [0.2, 0.25) is 0 Å². The molecule has 148 valence electrons. The Morgan fingerprint density at radius 2 is 1.96 bits per heavy atom. The molecule has 2 heterocycles. The molecule has 0 amide bonds. The third-order valence-corrected chi connectivity index (χ3v) is 4.20. The van der Waals surface area contributed by atoms with Crippen LogP contribution in [0.15, 0.2) is 45.9 Å². The predicted octanol–water partition coefficient (Wildman–Crippen LogP) is 2.91. The summed E-state index contributed by atoms with van der Waals surface area (Å²) in [5.41, 5.74) is 2.65. The minimum absolute atomic E-state index is 0.259. The van der Waals surface area contributed by atoms with Crippen LogP contribution in [-0.4, -0.2) is 33.8 Å². The van der Waals surface area contributed by atoms with Gasteiger partial charge in [0.2, 0.25) is 5.89 Å². The number of oxazole rings is 1. The molecule has 2 N–H and O–H groups in total. The number of guanidine groups is 1. The van der Waals surface area contributed by atoms with Gasteiger partial charge in [0, 0.05) is 25.7 Å². The largest absolute Gasteiger partial charge is 0.444 e. The van der Waals surface area contributed by atoms with E-state index in [0.717, 1.165) is 35.8 Å². The van der Waals surface area contributed by atoms with Crippen molar-refractivity contribution >= 4 is 5.96 Å². The van der Waals surface area contributed by atoms with Gasteiger partial charge in [0.1, 0.15) is 18.1 Å². The third-order valence-electron chi connectivity index (χ3n) is 4.20. The third kappa shape index (κ3) is 5.18. The van der Waals surface area contributed by atoms with Crippen molar-refractivity contribution in [2.75, 3.05) is 13.1 Å². The van der Waals surface area contributed by atoms with Crippen LogP contribution in [0.1, 0.15) is 30.0 Å². The number of halogens is 1. The summed E-state index contributed by atoms with van der Waals surface area (Å²) in [6.45, 7) is 7.64. The van der Waals surface area contributed by atoms with E-state index in [1.165, 1.54) is 12.1 Å². The number of hydrogen-bond donors (Lipinski definition) is 2. The zero-order valence-corrected chi connectivity index (χ0v) is 16.4. The highest BCUT2D eigenvalue weighted by molar-refractivity contribution is 5.79. The molecule has 7 nitrogen and oxygen atoms in total. The van der Waals surface area contributed by atoms with Crippen LogP contribution in [0.25, 0.3) is 5.69 Å². The maximum atomic E-state index is 13.0. The van der Waals surface area contributed by atoms with Crippen LogP contribution in [0, 0.1) is 19.7 Å². The van der Waals surface area contributed by atoms with Crippen molar-refractivity contribution in [1.29, 1.82) is 0 Å². The molecular weight excluding hydrogens is 359 g/mol. The molecule has 3 aromatic rings. The van der Waals surface area contributed by atoms with Crippen molar-refractivity contribution in [3.05, 3.63) is 65.4 Å². The average molecular weight is 384 g/mol. The Bertz CT molecular complexity index is 909. The Morgan fingerprint density at radius 3 is 2.64 bits per heavy atom. The Hall–Kier alpha value is -3.16. The molecule has 0 spiro atoms. The van der Waals surface area contributed by atoms with E-state index >= 15 is 0 Å². The number of nitrogens with one attached hydrogen (secondary N) is 2. The lowest BCUT2D eigenvalue weighted by atomic mass is 10.3. The van der Waals surface area contributed by atoms with Crippen molar-refractivity contribution in [3.63, 3.8) is 0 Å². The molecule has 0 saturated heterocycles. The van der Waals surface area contributed by atoms with E-state index in [2.05, 4.69) is 25.7 Å². The summed E-state index contributed by atoms with van der Waals surface area (Å²) in [5, 5.41) is 11.0. The summed E-state index contributed by atoms with van der Waals surface area (Å²) < 4.78 is 20.3. The topological polar surface area (TPSA) is 80.3 Å². The number of benzene rings is 1. The minimum Gasteiger partial charge on any atom is -0.444 e. The van der Waals surface area contributed by atoms with Gasteiger partial charge in [0.25, 0.3) is 0 Å².